The molecule has 114 valence electrons. The highest BCUT2D eigenvalue weighted by atomic mass is 16.5. The van der Waals surface area contributed by atoms with Crippen LogP contribution in [0.3, 0.4) is 0 Å². The first-order valence-electron chi connectivity index (χ1n) is 9.20. The van der Waals surface area contributed by atoms with Crippen LogP contribution in [-0.4, -0.2) is 24.8 Å². The number of ether oxygens (including phenoxy) is 1. The molecule has 4 aliphatic rings. The molecule has 4 unspecified atom stereocenters. The third kappa shape index (κ3) is 2.66. The molecule has 1 N–H and O–H groups in total. The lowest BCUT2D eigenvalue weighted by molar-refractivity contribution is -0.109. The van der Waals surface area contributed by atoms with E-state index in [0.29, 0.717) is 0 Å². The van der Waals surface area contributed by atoms with Gasteiger partial charge in [-0.25, -0.2) is 0 Å². The van der Waals surface area contributed by atoms with Crippen LogP contribution < -0.4 is 5.32 Å². The van der Waals surface area contributed by atoms with Crippen molar-refractivity contribution in [3.05, 3.63) is 0 Å². The Morgan fingerprint density at radius 1 is 1.00 bits per heavy atom. The van der Waals surface area contributed by atoms with Gasteiger partial charge in [-0.3, -0.25) is 0 Å². The predicted octanol–water partition coefficient (Wildman–Crippen LogP) is 3.89. The summed E-state index contributed by atoms with van der Waals surface area (Å²) in [5, 5.41) is 3.94. The molecular formula is C18H31NO. The molecule has 0 aromatic carbocycles. The summed E-state index contributed by atoms with van der Waals surface area (Å²) in [6.45, 7) is 2.29. The lowest BCUT2D eigenvalue weighted by Gasteiger charge is -2.44. The molecule has 0 aromatic heterocycles. The van der Waals surface area contributed by atoms with Crippen LogP contribution in [0.25, 0.3) is 0 Å². The predicted molar refractivity (Wildman–Crippen MR) is 81.7 cm³/mol. The minimum absolute atomic E-state index is 0.267. The summed E-state index contributed by atoms with van der Waals surface area (Å²) in [7, 11) is 0. The first-order valence-corrected chi connectivity index (χ1v) is 9.20. The minimum atomic E-state index is 0.267. The largest absolute Gasteiger partial charge is 0.375 e. The molecule has 2 heteroatoms. The van der Waals surface area contributed by atoms with Gasteiger partial charge in [0.2, 0.25) is 0 Å². The molecule has 0 amide bonds. The molecule has 2 nitrogen and oxygen atoms in total. The summed E-state index contributed by atoms with van der Waals surface area (Å²) >= 11 is 0. The van der Waals surface area contributed by atoms with Gasteiger partial charge >= 0.3 is 0 Å². The Kier molecular flexibility index (Phi) is 3.80. The summed E-state index contributed by atoms with van der Waals surface area (Å²) in [5.41, 5.74) is 0.267. The second kappa shape index (κ2) is 5.61. The van der Waals surface area contributed by atoms with Crippen LogP contribution in [0.2, 0.25) is 0 Å². The highest BCUT2D eigenvalue weighted by molar-refractivity contribution is 4.94. The standard InChI is InChI=1S/C18H31NO/c1-2-7-18(8-3-1)12-17(6-9-20-18)19-13-16-11-14-4-5-15(16)10-14/h14-17,19H,1-13H2. The minimum Gasteiger partial charge on any atom is -0.375 e. The van der Waals surface area contributed by atoms with Gasteiger partial charge in [-0.1, -0.05) is 25.7 Å². The van der Waals surface area contributed by atoms with E-state index in [9.17, 15) is 0 Å². The van der Waals surface area contributed by atoms with Crippen molar-refractivity contribution in [3.63, 3.8) is 0 Å². The van der Waals surface area contributed by atoms with Gasteiger partial charge in [0.15, 0.2) is 0 Å². The van der Waals surface area contributed by atoms with Gasteiger partial charge < -0.3 is 10.1 Å². The Labute approximate surface area is 124 Å². The number of nitrogens with one attached hydrogen (secondary N) is 1. The Bertz CT molecular complexity index is 331. The summed E-state index contributed by atoms with van der Waals surface area (Å²) in [5.74, 6) is 3.15. The average Bonchev–Trinajstić information content (AvgIpc) is 3.09. The average molecular weight is 277 g/mol. The van der Waals surface area contributed by atoms with Gasteiger partial charge in [0.1, 0.15) is 0 Å². The topological polar surface area (TPSA) is 21.3 Å². The Morgan fingerprint density at radius 2 is 1.90 bits per heavy atom. The van der Waals surface area contributed by atoms with Gasteiger partial charge in [-0.05, 0) is 69.2 Å². The Hall–Kier alpha value is -0.0800. The van der Waals surface area contributed by atoms with E-state index < -0.39 is 0 Å². The van der Waals surface area contributed by atoms with Gasteiger partial charge in [-0.2, -0.15) is 0 Å². The van der Waals surface area contributed by atoms with Crippen LogP contribution in [0.1, 0.15) is 70.6 Å². The fourth-order valence-corrected chi connectivity index (χ4v) is 5.69. The molecule has 0 radical (unpaired) electrons. The molecule has 0 aromatic rings. The summed E-state index contributed by atoms with van der Waals surface area (Å²) in [6.07, 6.45) is 15.5. The van der Waals surface area contributed by atoms with Crippen molar-refractivity contribution in [1.82, 2.24) is 5.32 Å². The number of rotatable bonds is 3. The van der Waals surface area contributed by atoms with Gasteiger partial charge in [-0.15, -0.1) is 0 Å². The maximum atomic E-state index is 6.22. The fourth-order valence-electron chi connectivity index (χ4n) is 5.69. The third-order valence-corrected chi connectivity index (χ3v) is 6.81. The molecule has 20 heavy (non-hydrogen) atoms. The monoisotopic (exact) mass is 277 g/mol. The maximum Gasteiger partial charge on any atom is 0.0697 e. The van der Waals surface area contributed by atoms with Crippen molar-refractivity contribution in [2.24, 2.45) is 17.8 Å². The van der Waals surface area contributed by atoms with Crippen LogP contribution in [0.5, 0.6) is 0 Å². The highest BCUT2D eigenvalue weighted by Crippen LogP contribution is 2.48. The molecular weight excluding hydrogens is 246 g/mol. The number of hydrogen-bond donors (Lipinski definition) is 1. The van der Waals surface area contributed by atoms with Gasteiger partial charge in [0.25, 0.3) is 0 Å². The normalized spacial score (nSPS) is 43.2. The SMILES string of the molecule is C1CCC2(CC1)CC(NCC1CC3CCC1C3)CCO2. The quantitative estimate of drug-likeness (QED) is 0.845. The van der Waals surface area contributed by atoms with Crippen molar-refractivity contribution in [1.29, 1.82) is 0 Å². The van der Waals surface area contributed by atoms with Crippen LogP contribution in [0.4, 0.5) is 0 Å². The lowest BCUT2D eigenvalue weighted by atomic mass is 9.78. The van der Waals surface area contributed by atoms with Crippen molar-refractivity contribution >= 4 is 0 Å². The summed E-state index contributed by atoms with van der Waals surface area (Å²) < 4.78 is 6.22. The van der Waals surface area contributed by atoms with Gasteiger partial charge in [0.05, 0.1) is 5.60 Å². The molecule has 3 aliphatic carbocycles. The van der Waals surface area contributed by atoms with E-state index in [1.54, 1.807) is 6.42 Å². The highest BCUT2D eigenvalue weighted by Gasteiger charge is 2.41. The number of fused-ring (bicyclic) bond motifs is 2. The fraction of sp³-hybridized carbons (Fsp3) is 1.00. The third-order valence-electron chi connectivity index (χ3n) is 6.81. The number of hydrogen-bond acceptors (Lipinski definition) is 2. The van der Waals surface area contributed by atoms with E-state index in [1.807, 2.05) is 0 Å². The van der Waals surface area contributed by atoms with E-state index in [4.69, 9.17) is 4.74 Å². The first kappa shape index (κ1) is 13.6. The zero-order valence-electron chi connectivity index (χ0n) is 12.9. The van der Waals surface area contributed by atoms with Gasteiger partial charge in [0, 0.05) is 12.6 Å². The second-order valence-electron chi connectivity index (χ2n) is 8.13. The molecule has 1 heterocycles. The lowest BCUT2D eigenvalue weighted by Crippen LogP contribution is -2.49. The second-order valence-corrected chi connectivity index (χ2v) is 8.13. The van der Waals surface area contributed by atoms with E-state index in [-0.39, 0.29) is 5.60 Å². The molecule has 4 fully saturated rings. The zero-order valence-corrected chi connectivity index (χ0v) is 12.9. The zero-order chi connectivity index (χ0) is 13.4. The van der Waals surface area contributed by atoms with Crippen molar-refractivity contribution in [2.75, 3.05) is 13.2 Å². The van der Waals surface area contributed by atoms with Crippen LogP contribution in [0, 0.1) is 17.8 Å². The van der Waals surface area contributed by atoms with Crippen molar-refractivity contribution in [2.45, 2.75) is 82.3 Å². The van der Waals surface area contributed by atoms with Crippen LogP contribution in [0.15, 0.2) is 0 Å². The van der Waals surface area contributed by atoms with Crippen LogP contribution in [-0.2, 0) is 4.74 Å². The van der Waals surface area contributed by atoms with Crippen LogP contribution >= 0.6 is 0 Å². The Balaban J connectivity index is 1.28. The molecule has 4 rings (SSSR count). The van der Waals surface area contributed by atoms with Crippen molar-refractivity contribution < 1.29 is 4.74 Å². The summed E-state index contributed by atoms with van der Waals surface area (Å²) in [4.78, 5) is 0. The molecule has 3 saturated carbocycles. The maximum absolute atomic E-state index is 6.22. The van der Waals surface area contributed by atoms with E-state index in [2.05, 4.69) is 5.32 Å². The molecule has 1 aliphatic heterocycles. The molecule has 4 atom stereocenters. The molecule has 2 bridgehead atoms. The Morgan fingerprint density at radius 3 is 2.65 bits per heavy atom. The first-order chi connectivity index (χ1) is 9.83. The van der Waals surface area contributed by atoms with E-state index in [0.717, 1.165) is 30.4 Å². The van der Waals surface area contributed by atoms with Crippen molar-refractivity contribution in [3.8, 4) is 0 Å². The summed E-state index contributed by atoms with van der Waals surface area (Å²) in [6, 6.07) is 0.737. The smallest absolute Gasteiger partial charge is 0.0697 e. The van der Waals surface area contributed by atoms with E-state index in [1.165, 1.54) is 70.8 Å². The van der Waals surface area contributed by atoms with E-state index >= 15 is 0 Å². The molecule has 1 saturated heterocycles. The molecule has 1 spiro atoms.